The van der Waals surface area contributed by atoms with Crippen molar-refractivity contribution in [3.63, 3.8) is 0 Å². The first kappa shape index (κ1) is 15.5. The standard InChI is InChI=1S/C18H30N2S/c1-2-3-4-15-7-9-18(10-8-15,13-19-16-5-6-16)11-17-12-21-14-20-17/h12,14-16,19H,2-11,13H2,1H3. The molecule has 0 bridgehead atoms. The molecular formula is C18H30N2S. The summed E-state index contributed by atoms with van der Waals surface area (Å²) in [6.45, 7) is 3.53. The summed E-state index contributed by atoms with van der Waals surface area (Å²) in [6.07, 6.45) is 13.9. The minimum Gasteiger partial charge on any atom is -0.313 e. The van der Waals surface area contributed by atoms with E-state index in [0.29, 0.717) is 5.41 Å². The fourth-order valence-electron chi connectivity index (χ4n) is 3.84. The minimum atomic E-state index is 0.485. The van der Waals surface area contributed by atoms with Crippen LogP contribution in [0, 0.1) is 11.3 Å². The highest BCUT2D eigenvalue weighted by atomic mass is 32.1. The van der Waals surface area contributed by atoms with Crippen molar-refractivity contribution in [3.05, 3.63) is 16.6 Å². The number of nitrogens with one attached hydrogen (secondary N) is 1. The Morgan fingerprint density at radius 1 is 1.29 bits per heavy atom. The second-order valence-electron chi connectivity index (χ2n) is 7.40. The molecule has 118 valence electrons. The highest BCUT2D eigenvalue weighted by Crippen LogP contribution is 2.43. The molecule has 3 rings (SSSR count). The third kappa shape index (κ3) is 4.53. The van der Waals surface area contributed by atoms with Crippen LogP contribution >= 0.6 is 11.3 Å². The second kappa shape index (κ2) is 7.23. The van der Waals surface area contributed by atoms with Gasteiger partial charge in [0, 0.05) is 18.0 Å². The Bertz CT molecular complexity index is 403. The lowest BCUT2D eigenvalue weighted by Crippen LogP contribution is -2.40. The van der Waals surface area contributed by atoms with Gasteiger partial charge in [0.1, 0.15) is 0 Å². The molecule has 2 saturated carbocycles. The maximum atomic E-state index is 4.56. The predicted molar refractivity (Wildman–Crippen MR) is 90.8 cm³/mol. The van der Waals surface area contributed by atoms with E-state index in [2.05, 4.69) is 22.6 Å². The maximum absolute atomic E-state index is 4.56. The van der Waals surface area contributed by atoms with Gasteiger partial charge in [0.15, 0.2) is 0 Å². The summed E-state index contributed by atoms with van der Waals surface area (Å²) in [5.74, 6) is 0.995. The molecule has 2 aliphatic carbocycles. The Morgan fingerprint density at radius 2 is 2.10 bits per heavy atom. The highest BCUT2D eigenvalue weighted by molar-refractivity contribution is 7.07. The quantitative estimate of drug-likeness (QED) is 0.746. The number of rotatable bonds is 8. The predicted octanol–water partition coefficient (Wildman–Crippen LogP) is 4.80. The van der Waals surface area contributed by atoms with E-state index in [4.69, 9.17) is 0 Å². The number of hydrogen-bond acceptors (Lipinski definition) is 3. The third-order valence-electron chi connectivity index (χ3n) is 5.51. The molecule has 0 saturated heterocycles. The first-order chi connectivity index (χ1) is 10.3. The molecule has 1 N–H and O–H groups in total. The molecule has 2 fully saturated rings. The topological polar surface area (TPSA) is 24.9 Å². The lowest BCUT2D eigenvalue weighted by Gasteiger charge is -2.40. The average molecular weight is 307 g/mol. The van der Waals surface area contributed by atoms with Crippen LogP contribution in [0.25, 0.3) is 0 Å². The van der Waals surface area contributed by atoms with E-state index in [1.54, 1.807) is 11.3 Å². The van der Waals surface area contributed by atoms with Gasteiger partial charge >= 0.3 is 0 Å². The van der Waals surface area contributed by atoms with Crippen molar-refractivity contribution in [2.45, 2.75) is 77.2 Å². The van der Waals surface area contributed by atoms with Crippen molar-refractivity contribution >= 4 is 11.3 Å². The molecule has 1 heterocycles. The van der Waals surface area contributed by atoms with Crippen LogP contribution in [0.1, 0.15) is 70.4 Å². The van der Waals surface area contributed by atoms with Gasteiger partial charge in [-0.2, -0.15) is 0 Å². The smallest absolute Gasteiger partial charge is 0.0794 e. The van der Waals surface area contributed by atoms with E-state index in [9.17, 15) is 0 Å². The van der Waals surface area contributed by atoms with E-state index in [1.165, 1.54) is 76.4 Å². The van der Waals surface area contributed by atoms with Crippen molar-refractivity contribution in [3.8, 4) is 0 Å². The summed E-state index contributed by atoms with van der Waals surface area (Å²) in [6, 6.07) is 0.829. The molecule has 2 nitrogen and oxygen atoms in total. The van der Waals surface area contributed by atoms with Crippen LogP contribution < -0.4 is 5.32 Å². The summed E-state index contributed by atoms with van der Waals surface area (Å²) < 4.78 is 0. The van der Waals surface area contributed by atoms with Crippen LogP contribution in [0.2, 0.25) is 0 Å². The Balaban J connectivity index is 1.57. The van der Waals surface area contributed by atoms with Gasteiger partial charge in [-0.25, -0.2) is 4.98 Å². The Morgan fingerprint density at radius 3 is 2.71 bits per heavy atom. The van der Waals surface area contributed by atoms with Gasteiger partial charge in [-0.15, -0.1) is 11.3 Å². The van der Waals surface area contributed by atoms with E-state index in [1.807, 2.05) is 5.51 Å². The second-order valence-corrected chi connectivity index (χ2v) is 8.12. The largest absolute Gasteiger partial charge is 0.313 e. The van der Waals surface area contributed by atoms with Gasteiger partial charge in [0.25, 0.3) is 0 Å². The fourth-order valence-corrected chi connectivity index (χ4v) is 4.40. The van der Waals surface area contributed by atoms with E-state index >= 15 is 0 Å². The molecule has 0 atom stereocenters. The van der Waals surface area contributed by atoms with E-state index in [-0.39, 0.29) is 0 Å². The van der Waals surface area contributed by atoms with Gasteiger partial charge < -0.3 is 5.32 Å². The summed E-state index contributed by atoms with van der Waals surface area (Å²) >= 11 is 1.74. The zero-order chi connectivity index (χ0) is 14.5. The van der Waals surface area contributed by atoms with E-state index < -0.39 is 0 Å². The Kier molecular flexibility index (Phi) is 5.33. The number of nitrogens with zero attached hydrogens (tertiary/aromatic N) is 1. The molecule has 0 spiro atoms. The molecule has 0 aromatic carbocycles. The van der Waals surface area contributed by atoms with Gasteiger partial charge in [0.2, 0.25) is 0 Å². The molecule has 21 heavy (non-hydrogen) atoms. The van der Waals surface area contributed by atoms with Crippen LogP contribution in [0.15, 0.2) is 10.9 Å². The van der Waals surface area contributed by atoms with Gasteiger partial charge in [-0.3, -0.25) is 0 Å². The van der Waals surface area contributed by atoms with Crippen LogP contribution in [-0.4, -0.2) is 17.6 Å². The monoisotopic (exact) mass is 306 g/mol. The van der Waals surface area contributed by atoms with Crippen molar-refractivity contribution < 1.29 is 0 Å². The van der Waals surface area contributed by atoms with Crippen molar-refractivity contribution in [2.24, 2.45) is 11.3 Å². The van der Waals surface area contributed by atoms with Gasteiger partial charge in [0.05, 0.1) is 11.2 Å². The lowest BCUT2D eigenvalue weighted by molar-refractivity contribution is 0.137. The molecular weight excluding hydrogens is 276 g/mol. The summed E-state index contributed by atoms with van der Waals surface area (Å²) in [7, 11) is 0. The molecule has 3 heteroatoms. The van der Waals surface area contributed by atoms with Crippen molar-refractivity contribution in [1.82, 2.24) is 10.3 Å². The highest BCUT2D eigenvalue weighted by Gasteiger charge is 2.37. The molecule has 0 radical (unpaired) electrons. The molecule has 1 aromatic heterocycles. The summed E-state index contributed by atoms with van der Waals surface area (Å²) in [5, 5.41) is 6.07. The number of hydrogen-bond donors (Lipinski definition) is 1. The third-order valence-corrected chi connectivity index (χ3v) is 6.15. The first-order valence-corrected chi connectivity index (χ1v) is 9.84. The zero-order valence-electron chi connectivity index (χ0n) is 13.4. The first-order valence-electron chi connectivity index (χ1n) is 8.90. The molecule has 0 amide bonds. The zero-order valence-corrected chi connectivity index (χ0v) is 14.3. The van der Waals surface area contributed by atoms with Crippen molar-refractivity contribution in [1.29, 1.82) is 0 Å². The number of thiazole rings is 1. The summed E-state index contributed by atoms with van der Waals surface area (Å²) in [4.78, 5) is 4.56. The van der Waals surface area contributed by atoms with Crippen LogP contribution in [-0.2, 0) is 6.42 Å². The normalized spacial score (nSPS) is 29.7. The fraction of sp³-hybridized carbons (Fsp3) is 0.833. The molecule has 0 aliphatic heterocycles. The SMILES string of the molecule is CCCCC1CCC(CNC2CC2)(Cc2cscn2)CC1. The number of aromatic nitrogens is 1. The minimum absolute atomic E-state index is 0.485. The van der Waals surface area contributed by atoms with E-state index in [0.717, 1.165) is 12.0 Å². The average Bonchev–Trinajstić information content (AvgIpc) is 3.21. The van der Waals surface area contributed by atoms with Crippen molar-refractivity contribution in [2.75, 3.05) is 6.54 Å². The van der Waals surface area contributed by atoms with Gasteiger partial charge in [-0.1, -0.05) is 26.2 Å². The molecule has 1 aromatic rings. The summed E-state index contributed by atoms with van der Waals surface area (Å²) in [5.41, 5.74) is 3.80. The van der Waals surface area contributed by atoms with Gasteiger partial charge in [-0.05, 0) is 56.3 Å². The Labute approximate surface area is 133 Å². The molecule has 0 unspecified atom stereocenters. The van der Waals surface area contributed by atoms with Crippen LogP contribution in [0.5, 0.6) is 0 Å². The Hall–Kier alpha value is -0.410. The number of unbranched alkanes of at least 4 members (excludes halogenated alkanes) is 1. The lowest BCUT2D eigenvalue weighted by atomic mass is 9.67. The van der Waals surface area contributed by atoms with Crippen LogP contribution in [0.4, 0.5) is 0 Å². The maximum Gasteiger partial charge on any atom is 0.0794 e. The molecule has 2 aliphatic rings. The van der Waals surface area contributed by atoms with Crippen LogP contribution in [0.3, 0.4) is 0 Å².